The van der Waals surface area contributed by atoms with E-state index in [1.807, 2.05) is 11.0 Å². The van der Waals surface area contributed by atoms with Crippen molar-refractivity contribution in [1.82, 2.24) is 15.1 Å². The van der Waals surface area contributed by atoms with Crippen molar-refractivity contribution in [1.29, 1.82) is 0 Å². The number of piperidine rings is 1. The van der Waals surface area contributed by atoms with Gasteiger partial charge in [0.25, 0.3) is 0 Å². The summed E-state index contributed by atoms with van der Waals surface area (Å²) in [6.07, 6.45) is 3.55. The molecule has 1 atom stereocenters. The summed E-state index contributed by atoms with van der Waals surface area (Å²) in [7, 11) is 0. The number of nitrogens with one attached hydrogen (secondary N) is 1. The number of aliphatic imine (C=N–C) groups is 1. The number of hydrogen-bond acceptors (Lipinski definition) is 6. The van der Waals surface area contributed by atoms with E-state index in [9.17, 15) is 9.59 Å². The van der Waals surface area contributed by atoms with E-state index in [-0.39, 0.29) is 29.7 Å². The highest BCUT2D eigenvalue weighted by Crippen LogP contribution is 2.28. The quantitative estimate of drug-likeness (QED) is 0.797. The van der Waals surface area contributed by atoms with Gasteiger partial charge in [0, 0.05) is 26.1 Å². The Labute approximate surface area is 146 Å². The summed E-state index contributed by atoms with van der Waals surface area (Å²) in [6, 6.07) is 3.64. The maximum Gasteiger partial charge on any atom is 0.227 e. The third-order valence-corrected chi connectivity index (χ3v) is 5.47. The molecule has 25 heavy (non-hydrogen) atoms. The first kappa shape index (κ1) is 16.0. The van der Waals surface area contributed by atoms with Crippen LogP contribution in [0.25, 0.3) is 0 Å². The number of carbonyl (C=O) groups excluding carboxylic acids is 2. The molecule has 1 aromatic heterocycles. The van der Waals surface area contributed by atoms with Crippen LogP contribution in [0.1, 0.15) is 25.0 Å². The average molecular weight is 345 g/mol. The normalized spacial score (nSPS) is 25.4. The summed E-state index contributed by atoms with van der Waals surface area (Å²) >= 11 is 0. The number of nitrogens with zero attached hydrogens (tertiary/aromatic N) is 3. The topological polar surface area (TPSA) is 104 Å². The molecule has 3 N–H and O–H groups in total. The molecule has 8 nitrogen and oxygen atoms in total. The Hall–Kier alpha value is -2.51. The molecule has 3 aliphatic heterocycles. The van der Waals surface area contributed by atoms with E-state index < -0.39 is 0 Å². The molecular formula is C17H23N5O3. The fourth-order valence-electron chi connectivity index (χ4n) is 3.96. The van der Waals surface area contributed by atoms with Crippen LogP contribution in [0.15, 0.2) is 27.8 Å². The molecule has 2 saturated heterocycles. The number of furan rings is 1. The highest BCUT2D eigenvalue weighted by Gasteiger charge is 2.42. The van der Waals surface area contributed by atoms with Gasteiger partial charge in [-0.1, -0.05) is 0 Å². The lowest BCUT2D eigenvalue weighted by atomic mass is 9.87. The number of amides is 2. The number of carbonyl (C=O) groups is 2. The van der Waals surface area contributed by atoms with Gasteiger partial charge in [0.15, 0.2) is 5.96 Å². The summed E-state index contributed by atoms with van der Waals surface area (Å²) in [5.74, 6) is 1.08. The first-order valence-corrected chi connectivity index (χ1v) is 8.72. The largest absolute Gasteiger partial charge is 0.467 e. The Bertz CT molecular complexity index is 691. The third-order valence-electron chi connectivity index (χ3n) is 5.47. The molecule has 8 heteroatoms. The SMILES string of the molecule is NC1=NCC2(CCN(C(=O)C3CC(=O)N(Cc4ccco4)C3)CC2)N1. The fraction of sp³-hybridized carbons (Fsp3) is 0.588. The Balaban J connectivity index is 1.32. The molecule has 3 aliphatic rings. The minimum atomic E-state index is -0.255. The molecule has 0 radical (unpaired) electrons. The van der Waals surface area contributed by atoms with Gasteiger partial charge in [0.05, 0.1) is 30.8 Å². The summed E-state index contributed by atoms with van der Waals surface area (Å²) in [5, 5.41) is 3.25. The summed E-state index contributed by atoms with van der Waals surface area (Å²) in [6.45, 7) is 2.93. The second-order valence-electron chi connectivity index (χ2n) is 7.19. The smallest absolute Gasteiger partial charge is 0.227 e. The molecule has 4 rings (SSSR count). The van der Waals surface area contributed by atoms with Crippen molar-refractivity contribution in [3.05, 3.63) is 24.2 Å². The molecule has 0 saturated carbocycles. The number of rotatable bonds is 3. The second-order valence-corrected chi connectivity index (χ2v) is 7.19. The number of guanidine groups is 1. The van der Waals surface area contributed by atoms with Crippen LogP contribution in [-0.4, -0.2) is 59.3 Å². The minimum Gasteiger partial charge on any atom is -0.467 e. The van der Waals surface area contributed by atoms with Crippen LogP contribution in [0.4, 0.5) is 0 Å². The van der Waals surface area contributed by atoms with Crippen molar-refractivity contribution in [2.45, 2.75) is 31.3 Å². The van der Waals surface area contributed by atoms with Crippen LogP contribution < -0.4 is 11.1 Å². The Morgan fingerprint density at radius 3 is 2.88 bits per heavy atom. The van der Waals surface area contributed by atoms with Gasteiger partial charge in [0.1, 0.15) is 5.76 Å². The van der Waals surface area contributed by atoms with E-state index >= 15 is 0 Å². The van der Waals surface area contributed by atoms with Crippen LogP contribution in [0.3, 0.4) is 0 Å². The molecule has 0 bridgehead atoms. The zero-order valence-electron chi connectivity index (χ0n) is 14.1. The minimum absolute atomic E-state index is 0.0156. The number of likely N-dealkylation sites (tertiary alicyclic amines) is 2. The van der Waals surface area contributed by atoms with Gasteiger partial charge in [0.2, 0.25) is 11.8 Å². The molecule has 0 aromatic carbocycles. The van der Waals surface area contributed by atoms with Gasteiger partial charge >= 0.3 is 0 Å². The van der Waals surface area contributed by atoms with Crippen LogP contribution in [0.5, 0.6) is 0 Å². The van der Waals surface area contributed by atoms with Crippen molar-refractivity contribution in [2.75, 3.05) is 26.2 Å². The van der Waals surface area contributed by atoms with Crippen molar-refractivity contribution in [3.8, 4) is 0 Å². The predicted molar refractivity (Wildman–Crippen MR) is 90.4 cm³/mol. The summed E-state index contributed by atoms with van der Waals surface area (Å²) in [5.41, 5.74) is 5.64. The van der Waals surface area contributed by atoms with Crippen molar-refractivity contribution < 1.29 is 14.0 Å². The zero-order valence-corrected chi connectivity index (χ0v) is 14.1. The number of hydrogen-bond donors (Lipinski definition) is 2. The lowest BCUT2D eigenvalue weighted by Crippen LogP contribution is -2.56. The van der Waals surface area contributed by atoms with Crippen LogP contribution in [0, 0.1) is 5.92 Å². The molecular weight excluding hydrogens is 322 g/mol. The molecule has 0 aliphatic carbocycles. The Kier molecular flexibility index (Phi) is 3.89. The first-order chi connectivity index (χ1) is 12.0. The van der Waals surface area contributed by atoms with Crippen molar-refractivity contribution in [2.24, 2.45) is 16.6 Å². The summed E-state index contributed by atoms with van der Waals surface area (Å²) < 4.78 is 5.30. The molecule has 2 amide bonds. The van der Waals surface area contributed by atoms with Gasteiger partial charge in [-0.15, -0.1) is 0 Å². The van der Waals surface area contributed by atoms with Gasteiger partial charge in [-0.05, 0) is 25.0 Å². The second kappa shape index (κ2) is 6.09. The Morgan fingerprint density at radius 2 is 2.24 bits per heavy atom. The molecule has 1 spiro atoms. The van der Waals surface area contributed by atoms with Crippen molar-refractivity contribution >= 4 is 17.8 Å². The third kappa shape index (κ3) is 3.08. The molecule has 134 valence electrons. The number of nitrogens with two attached hydrogens (primary N) is 1. The van der Waals surface area contributed by atoms with Crippen molar-refractivity contribution in [3.63, 3.8) is 0 Å². The van der Waals surface area contributed by atoms with E-state index in [1.165, 1.54) is 0 Å². The molecule has 4 heterocycles. The van der Waals surface area contributed by atoms with Gasteiger partial charge in [-0.25, -0.2) is 0 Å². The monoisotopic (exact) mass is 345 g/mol. The van der Waals surface area contributed by atoms with Crippen LogP contribution >= 0.6 is 0 Å². The van der Waals surface area contributed by atoms with Crippen LogP contribution in [0.2, 0.25) is 0 Å². The zero-order chi connectivity index (χ0) is 17.4. The van der Waals surface area contributed by atoms with E-state index in [2.05, 4.69) is 10.3 Å². The fourth-order valence-corrected chi connectivity index (χ4v) is 3.96. The van der Waals surface area contributed by atoms with E-state index in [0.717, 1.165) is 18.6 Å². The molecule has 1 unspecified atom stereocenters. The van der Waals surface area contributed by atoms with Gasteiger partial charge < -0.3 is 25.3 Å². The average Bonchev–Trinajstić information content (AvgIpc) is 3.31. The van der Waals surface area contributed by atoms with Crippen LogP contribution in [-0.2, 0) is 16.1 Å². The first-order valence-electron chi connectivity index (χ1n) is 8.72. The standard InChI is InChI=1S/C17H23N5O3/c18-16-19-11-17(20-16)3-5-21(6-4-17)15(24)12-8-14(23)22(9-12)10-13-2-1-7-25-13/h1-2,7,12H,3-6,8-11H2,(H3,18,19,20). The maximum absolute atomic E-state index is 12.8. The van der Waals surface area contributed by atoms with E-state index in [4.69, 9.17) is 10.2 Å². The van der Waals surface area contributed by atoms with E-state index in [1.54, 1.807) is 17.2 Å². The highest BCUT2D eigenvalue weighted by atomic mass is 16.3. The Morgan fingerprint density at radius 1 is 1.44 bits per heavy atom. The lowest BCUT2D eigenvalue weighted by Gasteiger charge is -2.39. The van der Waals surface area contributed by atoms with Gasteiger partial charge in [-0.2, -0.15) is 0 Å². The highest BCUT2D eigenvalue weighted by molar-refractivity contribution is 5.89. The van der Waals surface area contributed by atoms with Gasteiger partial charge in [-0.3, -0.25) is 14.6 Å². The van der Waals surface area contributed by atoms with E-state index in [0.29, 0.717) is 38.7 Å². The lowest BCUT2D eigenvalue weighted by molar-refractivity contribution is -0.137. The predicted octanol–water partition coefficient (Wildman–Crippen LogP) is -0.0928. The molecule has 2 fully saturated rings. The maximum atomic E-state index is 12.8. The molecule has 1 aromatic rings. The summed E-state index contributed by atoms with van der Waals surface area (Å²) in [4.78, 5) is 32.9.